The molecule has 0 aliphatic carbocycles. The van der Waals surface area contributed by atoms with Crippen LogP contribution in [-0.2, 0) is 6.42 Å². The number of benzene rings is 1. The molecule has 2 heterocycles. The molecule has 0 aromatic heterocycles. The van der Waals surface area contributed by atoms with Gasteiger partial charge in [0.25, 0.3) is 0 Å². The van der Waals surface area contributed by atoms with E-state index in [0.29, 0.717) is 10.8 Å². The Morgan fingerprint density at radius 2 is 2.05 bits per heavy atom. The second-order valence-corrected chi connectivity index (χ2v) is 8.86. The first-order valence-electron chi connectivity index (χ1n) is 8.16. The van der Waals surface area contributed by atoms with Gasteiger partial charge in [-0.05, 0) is 45.2 Å². The van der Waals surface area contributed by atoms with Crippen LogP contribution in [0.1, 0.15) is 39.7 Å². The molecule has 3 rings (SSSR count). The molecule has 1 fully saturated rings. The zero-order valence-corrected chi connectivity index (χ0v) is 14.6. The van der Waals surface area contributed by atoms with Crippen molar-refractivity contribution in [3.8, 4) is 0 Å². The highest BCUT2D eigenvalue weighted by Gasteiger charge is 2.41. The Bertz CT molecular complexity index is 489. The number of nitrogens with zero attached hydrogens (tertiary/aromatic N) is 1. The maximum absolute atomic E-state index is 3.72. The third-order valence-corrected chi connectivity index (χ3v) is 6.50. The van der Waals surface area contributed by atoms with Crippen molar-refractivity contribution in [3.05, 3.63) is 29.8 Å². The first-order chi connectivity index (χ1) is 9.92. The highest BCUT2D eigenvalue weighted by molar-refractivity contribution is 8.00. The van der Waals surface area contributed by atoms with Crippen LogP contribution >= 0.6 is 11.8 Å². The monoisotopic (exact) mass is 304 g/mol. The van der Waals surface area contributed by atoms with Gasteiger partial charge < -0.3 is 5.32 Å². The summed E-state index contributed by atoms with van der Waals surface area (Å²) in [6, 6.07) is 8.91. The van der Waals surface area contributed by atoms with Crippen molar-refractivity contribution in [2.75, 3.05) is 19.6 Å². The van der Waals surface area contributed by atoms with Crippen LogP contribution in [0.5, 0.6) is 0 Å². The predicted molar refractivity (Wildman–Crippen MR) is 92.1 cm³/mol. The van der Waals surface area contributed by atoms with E-state index >= 15 is 0 Å². The number of rotatable bonds is 3. The topological polar surface area (TPSA) is 15.3 Å². The number of fused-ring (bicyclic) bond motifs is 1. The quantitative estimate of drug-likeness (QED) is 0.919. The molecule has 1 saturated heterocycles. The lowest BCUT2D eigenvalue weighted by Gasteiger charge is -2.51. The van der Waals surface area contributed by atoms with E-state index < -0.39 is 0 Å². The van der Waals surface area contributed by atoms with Crippen LogP contribution in [0.2, 0.25) is 0 Å². The van der Waals surface area contributed by atoms with E-state index in [0.717, 1.165) is 13.1 Å². The first-order valence-corrected chi connectivity index (χ1v) is 9.04. The van der Waals surface area contributed by atoms with Crippen LogP contribution < -0.4 is 5.32 Å². The standard InChI is InChI=1S/C18H28N2S/c1-5-18(4)12-19-17(2,3)13-20(18)11-15-10-14-8-6-7-9-16(14)21-15/h6-9,15,19H,5,10-13H2,1-4H3. The summed E-state index contributed by atoms with van der Waals surface area (Å²) in [7, 11) is 0. The van der Waals surface area contributed by atoms with Gasteiger partial charge in [-0.2, -0.15) is 0 Å². The van der Waals surface area contributed by atoms with Crippen LogP contribution in [0.15, 0.2) is 29.2 Å². The molecule has 21 heavy (non-hydrogen) atoms. The molecule has 1 N–H and O–H groups in total. The lowest BCUT2D eigenvalue weighted by Crippen LogP contribution is -2.67. The number of piperazine rings is 1. The maximum atomic E-state index is 3.72. The van der Waals surface area contributed by atoms with Crippen molar-refractivity contribution in [1.29, 1.82) is 0 Å². The Labute approximate surface area is 133 Å². The Morgan fingerprint density at radius 3 is 2.76 bits per heavy atom. The van der Waals surface area contributed by atoms with Gasteiger partial charge in [0.1, 0.15) is 0 Å². The Kier molecular flexibility index (Phi) is 4.10. The SMILES string of the molecule is CCC1(C)CNC(C)(C)CN1CC1Cc2ccccc2S1. The Balaban J connectivity index is 1.71. The Morgan fingerprint density at radius 1 is 1.29 bits per heavy atom. The molecule has 2 aliphatic rings. The van der Waals surface area contributed by atoms with E-state index in [1.54, 1.807) is 5.56 Å². The summed E-state index contributed by atoms with van der Waals surface area (Å²) >= 11 is 2.08. The largest absolute Gasteiger partial charge is 0.309 e. The number of thioether (sulfide) groups is 1. The summed E-state index contributed by atoms with van der Waals surface area (Å²) < 4.78 is 0. The van der Waals surface area contributed by atoms with Crippen LogP contribution in [0.4, 0.5) is 0 Å². The van der Waals surface area contributed by atoms with Crippen molar-refractivity contribution >= 4 is 11.8 Å². The molecule has 1 aromatic rings. The first kappa shape index (κ1) is 15.4. The molecular formula is C18H28N2S. The number of hydrogen-bond donors (Lipinski definition) is 1. The fourth-order valence-electron chi connectivity index (χ4n) is 3.50. The summed E-state index contributed by atoms with van der Waals surface area (Å²) in [4.78, 5) is 4.24. The molecule has 0 radical (unpaired) electrons. The zero-order valence-electron chi connectivity index (χ0n) is 13.8. The highest BCUT2D eigenvalue weighted by atomic mass is 32.2. The van der Waals surface area contributed by atoms with Gasteiger partial charge in [0.2, 0.25) is 0 Å². The van der Waals surface area contributed by atoms with Gasteiger partial charge in [-0.1, -0.05) is 25.1 Å². The number of nitrogens with one attached hydrogen (secondary N) is 1. The van der Waals surface area contributed by atoms with Crippen LogP contribution in [-0.4, -0.2) is 40.9 Å². The van der Waals surface area contributed by atoms with Crippen LogP contribution in [0.3, 0.4) is 0 Å². The molecule has 0 bridgehead atoms. The molecular weight excluding hydrogens is 276 g/mol. The molecule has 2 nitrogen and oxygen atoms in total. The third kappa shape index (κ3) is 3.15. The van der Waals surface area contributed by atoms with Gasteiger partial charge in [-0.3, -0.25) is 4.90 Å². The normalized spacial score (nSPS) is 32.1. The molecule has 2 aliphatic heterocycles. The van der Waals surface area contributed by atoms with Gasteiger partial charge in [0.05, 0.1) is 0 Å². The molecule has 1 aromatic carbocycles. The van der Waals surface area contributed by atoms with Gasteiger partial charge in [-0.15, -0.1) is 11.8 Å². The molecule has 0 amide bonds. The second kappa shape index (κ2) is 5.60. The van der Waals surface area contributed by atoms with Gasteiger partial charge in [0, 0.05) is 40.9 Å². The van der Waals surface area contributed by atoms with Gasteiger partial charge in [0.15, 0.2) is 0 Å². The van der Waals surface area contributed by atoms with E-state index in [-0.39, 0.29) is 5.54 Å². The van der Waals surface area contributed by atoms with Crippen molar-refractivity contribution < 1.29 is 0 Å². The summed E-state index contributed by atoms with van der Waals surface area (Å²) in [6.45, 7) is 12.8. The summed E-state index contributed by atoms with van der Waals surface area (Å²) in [5.74, 6) is 0. The molecule has 116 valence electrons. The lowest BCUT2D eigenvalue weighted by molar-refractivity contribution is 0.0250. The van der Waals surface area contributed by atoms with Crippen molar-refractivity contribution in [2.45, 2.75) is 61.8 Å². The zero-order chi connectivity index (χ0) is 15.1. The molecule has 3 heteroatoms. The second-order valence-electron chi connectivity index (χ2n) is 7.52. The van der Waals surface area contributed by atoms with Crippen molar-refractivity contribution in [2.24, 2.45) is 0 Å². The summed E-state index contributed by atoms with van der Waals surface area (Å²) in [6.07, 6.45) is 2.44. The molecule has 0 saturated carbocycles. The number of hydrogen-bond acceptors (Lipinski definition) is 3. The average Bonchev–Trinajstić information content (AvgIpc) is 2.85. The lowest BCUT2D eigenvalue weighted by atomic mass is 9.87. The van der Waals surface area contributed by atoms with E-state index in [9.17, 15) is 0 Å². The minimum atomic E-state index is 0.227. The Hall–Kier alpha value is -0.510. The molecule has 2 unspecified atom stereocenters. The molecule has 0 spiro atoms. The smallest absolute Gasteiger partial charge is 0.0304 e. The van der Waals surface area contributed by atoms with Crippen LogP contribution in [0.25, 0.3) is 0 Å². The maximum Gasteiger partial charge on any atom is 0.0304 e. The fraction of sp³-hybridized carbons (Fsp3) is 0.667. The average molecular weight is 305 g/mol. The molecule has 2 atom stereocenters. The van der Waals surface area contributed by atoms with Crippen LogP contribution in [0, 0.1) is 0 Å². The minimum absolute atomic E-state index is 0.227. The predicted octanol–water partition coefficient (Wildman–Crippen LogP) is 3.56. The van der Waals surface area contributed by atoms with Gasteiger partial charge in [-0.25, -0.2) is 0 Å². The summed E-state index contributed by atoms with van der Waals surface area (Å²) in [5, 5.41) is 4.43. The van der Waals surface area contributed by atoms with Crippen molar-refractivity contribution in [3.63, 3.8) is 0 Å². The summed E-state index contributed by atoms with van der Waals surface area (Å²) in [5.41, 5.74) is 2.07. The van der Waals surface area contributed by atoms with E-state index in [2.05, 4.69) is 73.9 Å². The van der Waals surface area contributed by atoms with Gasteiger partial charge >= 0.3 is 0 Å². The fourth-order valence-corrected chi connectivity index (χ4v) is 4.84. The third-order valence-electron chi connectivity index (χ3n) is 5.20. The van der Waals surface area contributed by atoms with E-state index in [4.69, 9.17) is 0 Å². The van der Waals surface area contributed by atoms with Crippen molar-refractivity contribution in [1.82, 2.24) is 10.2 Å². The highest BCUT2D eigenvalue weighted by Crippen LogP contribution is 2.38. The van der Waals surface area contributed by atoms with E-state index in [1.165, 1.54) is 24.3 Å². The van der Waals surface area contributed by atoms with E-state index in [1.807, 2.05) is 0 Å². The minimum Gasteiger partial charge on any atom is -0.309 e.